The minimum absolute atomic E-state index is 0.615. The second-order valence-electron chi connectivity index (χ2n) is 4.54. The fraction of sp³-hybridized carbons (Fsp3) is 0.636. The molecule has 0 saturated carbocycles. The molecule has 0 radical (unpaired) electrons. The van der Waals surface area contributed by atoms with Crippen LogP contribution in [-0.2, 0) is 13.1 Å². The Kier molecular flexibility index (Phi) is 3.43. The van der Waals surface area contributed by atoms with Gasteiger partial charge in [0, 0.05) is 32.0 Å². The molecule has 0 saturated heterocycles. The highest BCUT2D eigenvalue weighted by Gasteiger charge is 2.18. The van der Waals surface area contributed by atoms with Crippen molar-refractivity contribution in [1.29, 1.82) is 0 Å². The van der Waals surface area contributed by atoms with E-state index in [0.717, 1.165) is 37.1 Å². The van der Waals surface area contributed by atoms with Gasteiger partial charge in [0.25, 0.3) is 0 Å². The zero-order chi connectivity index (χ0) is 11.5. The van der Waals surface area contributed by atoms with Crippen LogP contribution >= 0.6 is 12.2 Å². The van der Waals surface area contributed by atoms with Gasteiger partial charge in [0.1, 0.15) is 5.82 Å². The highest BCUT2D eigenvalue weighted by Crippen LogP contribution is 2.10. The fourth-order valence-corrected chi connectivity index (χ4v) is 1.99. The van der Waals surface area contributed by atoms with Crippen molar-refractivity contribution in [3.8, 4) is 0 Å². The van der Waals surface area contributed by atoms with Crippen LogP contribution in [0.15, 0.2) is 12.4 Å². The zero-order valence-corrected chi connectivity index (χ0v) is 10.6. The molecule has 2 rings (SSSR count). The molecule has 0 atom stereocenters. The summed E-state index contributed by atoms with van der Waals surface area (Å²) in [6.07, 6.45) is 3.88. The van der Waals surface area contributed by atoms with Crippen molar-refractivity contribution in [1.82, 2.24) is 19.8 Å². The summed E-state index contributed by atoms with van der Waals surface area (Å²) in [4.78, 5) is 6.50. The summed E-state index contributed by atoms with van der Waals surface area (Å²) >= 11 is 5.37. The van der Waals surface area contributed by atoms with Gasteiger partial charge < -0.3 is 14.8 Å². The summed E-state index contributed by atoms with van der Waals surface area (Å²) in [7, 11) is 0. The van der Waals surface area contributed by atoms with Gasteiger partial charge in [0.2, 0.25) is 0 Å². The van der Waals surface area contributed by atoms with Crippen molar-refractivity contribution >= 4 is 17.3 Å². The van der Waals surface area contributed by atoms with Crippen LogP contribution in [0.3, 0.4) is 0 Å². The van der Waals surface area contributed by atoms with Gasteiger partial charge >= 0.3 is 0 Å². The molecule has 88 valence electrons. The van der Waals surface area contributed by atoms with Gasteiger partial charge in [-0.3, -0.25) is 0 Å². The standard InChI is InChI=1S/C11H18N4S/c1-9(2)7-13-11(16)15-6-5-14-4-3-12-10(14)8-15/h3-4,9H,5-8H2,1-2H3,(H,13,16). The molecule has 2 heterocycles. The van der Waals surface area contributed by atoms with Crippen LogP contribution in [0.25, 0.3) is 0 Å². The second kappa shape index (κ2) is 4.82. The van der Waals surface area contributed by atoms with E-state index in [2.05, 4.69) is 33.6 Å². The Labute approximate surface area is 102 Å². The lowest BCUT2D eigenvalue weighted by atomic mass is 10.2. The van der Waals surface area contributed by atoms with Crippen LogP contribution in [0, 0.1) is 5.92 Å². The van der Waals surface area contributed by atoms with E-state index in [1.165, 1.54) is 0 Å². The van der Waals surface area contributed by atoms with Crippen molar-refractivity contribution in [3.05, 3.63) is 18.2 Å². The van der Waals surface area contributed by atoms with Crippen LogP contribution in [-0.4, -0.2) is 32.7 Å². The van der Waals surface area contributed by atoms with Gasteiger partial charge in [-0.05, 0) is 18.1 Å². The Morgan fingerprint density at radius 1 is 1.56 bits per heavy atom. The third kappa shape index (κ3) is 2.52. The van der Waals surface area contributed by atoms with E-state index < -0.39 is 0 Å². The van der Waals surface area contributed by atoms with E-state index in [1.54, 1.807) is 0 Å². The normalized spacial score (nSPS) is 15.1. The largest absolute Gasteiger partial charge is 0.362 e. The first kappa shape index (κ1) is 11.4. The second-order valence-corrected chi connectivity index (χ2v) is 4.93. The van der Waals surface area contributed by atoms with Crippen LogP contribution in [0.1, 0.15) is 19.7 Å². The lowest BCUT2D eigenvalue weighted by Crippen LogP contribution is -2.44. The number of fused-ring (bicyclic) bond motifs is 1. The first-order valence-electron chi connectivity index (χ1n) is 5.69. The molecule has 0 bridgehead atoms. The van der Waals surface area contributed by atoms with Gasteiger partial charge in [-0.2, -0.15) is 0 Å². The van der Waals surface area contributed by atoms with E-state index >= 15 is 0 Å². The first-order chi connectivity index (χ1) is 7.66. The lowest BCUT2D eigenvalue weighted by Gasteiger charge is -2.30. The van der Waals surface area contributed by atoms with Crippen molar-refractivity contribution in [2.24, 2.45) is 5.92 Å². The van der Waals surface area contributed by atoms with Crippen LogP contribution < -0.4 is 5.32 Å². The van der Waals surface area contributed by atoms with E-state index in [9.17, 15) is 0 Å². The highest BCUT2D eigenvalue weighted by atomic mass is 32.1. The van der Waals surface area contributed by atoms with Crippen LogP contribution in [0.4, 0.5) is 0 Å². The van der Waals surface area contributed by atoms with Crippen molar-refractivity contribution < 1.29 is 0 Å². The van der Waals surface area contributed by atoms with E-state index in [0.29, 0.717) is 5.92 Å². The summed E-state index contributed by atoms with van der Waals surface area (Å²) in [5.41, 5.74) is 0. The number of hydrogen-bond acceptors (Lipinski definition) is 2. The molecule has 1 aliphatic heterocycles. The molecule has 1 aliphatic rings. The first-order valence-corrected chi connectivity index (χ1v) is 6.10. The average molecular weight is 238 g/mol. The smallest absolute Gasteiger partial charge is 0.169 e. The summed E-state index contributed by atoms with van der Waals surface area (Å²) < 4.78 is 2.18. The molecular formula is C11H18N4S. The maximum Gasteiger partial charge on any atom is 0.169 e. The SMILES string of the molecule is CC(C)CNC(=S)N1CCn2ccnc2C1. The molecule has 0 aliphatic carbocycles. The van der Waals surface area contributed by atoms with Gasteiger partial charge in [0.05, 0.1) is 6.54 Å². The number of nitrogens with one attached hydrogen (secondary N) is 1. The van der Waals surface area contributed by atoms with Gasteiger partial charge in [0.15, 0.2) is 5.11 Å². The van der Waals surface area contributed by atoms with Crippen molar-refractivity contribution in [3.63, 3.8) is 0 Å². The third-order valence-corrected chi connectivity index (χ3v) is 3.10. The Hall–Kier alpha value is -1.10. The number of thiocarbonyl (C=S) groups is 1. The van der Waals surface area contributed by atoms with E-state index in [4.69, 9.17) is 12.2 Å². The molecule has 5 heteroatoms. The van der Waals surface area contributed by atoms with Crippen molar-refractivity contribution in [2.45, 2.75) is 26.9 Å². The lowest BCUT2D eigenvalue weighted by molar-refractivity contribution is 0.324. The molecule has 0 aromatic carbocycles. The van der Waals surface area contributed by atoms with Crippen LogP contribution in [0.2, 0.25) is 0 Å². The monoisotopic (exact) mass is 238 g/mol. The molecule has 0 amide bonds. The average Bonchev–Trinajstić information content (AvgIpc) is 2.72. The summed E-state index contributed by atoms with van der Waals surface area (Å²) in [6.45, 7) is 8.05. The predicted molar refractivity (Wildman–Crippen MR) is 68.1 cm³/mol. The van der Waals surface area contributed by atoms with E-state index in [1.807, 2.05) is 12.4 Å². The molecule has 4 nitrogen and oxygen atoms in total. The predicted octanol–water partition coefficient (Wildman–Crippen LogP) is 1.23. The van der Waals surface area contributed by atoms with Crippen LogP contribution in [0.5, 0.6) is 0 Å². The number of imidazole rings is 1. The Bertz CT molecular complexity index is 372. The molecule has 0 fully saturated rings. The minimum atomic E-state index is 0.615. The summed E-state index contributed by atoms with van der Waals surface area (Å²) in [5.74, 6) is 1.71. The maximum atomic E-state index is 5.37. The molecule has 0 spiro atoms. The zero-order valence-electron chi connectivity index (χ0n) is 9.81. The maximum absolute atomic E-state index is 5.37. The van der Waals surface area contributed by atoms with E-state index in [-0.39, 0.29) is 0 Å². The number of rotatable bonds is 2. The molecule has 1 N–H and O–H groups in total. The topological polar surface area (TPSA) is 33.1 Å². The summed E-state index contributed by atoms with van der Waals surface area (Å²) in [5, 5.41) is 4.15. The van der Waals surface area contributed by atoms with Gasteiger partial charge in [-0.1, -0.05) is 13.8 Å². The highest BCUT2D eigenvalue weighted by molar-refractivity contribution is 7.80. The Morgan fingerprint density at radius 3 is 3.12 bits per heavy atom. The van der Waals surface area contributed by atoms with Crippen molar-refractivity contribution in [2.75, 3.05) is 13.1 Å². The molecule has 1 aromatic rings. The molecule has 0 unspecified atom stereocenters. The molecular weight excluding hydrogens is 220 g/mol. The quantitative estimate of drug-likeness (QED) is 0.786. The summed E-state index contributed by atoms with van der Waals surface area (Å²) in [6, 6.07) is 0. The molecule has 16 heavy (non-hydrogen) atoms. The minimum Gasteiger partial charge on any atom is -0.362 e. The Morgan fingerprint density at radius 2 is 2.38 bits per heavy atom. The number of aromatic nitrogens is 2. The number of hydrogen-bond donors (Lipinski definition) is 1. The molecule has 1 aromatic heterocycles. The van der Waals surface area contributed by atoms with Gasteiger partial charge in [-0.25, -0.2) is 4.98 Å². The third-order valence-electron chi connectivity index (χ3n) is 2.69. The fourth-order valence-electron chi connectivity index (χ4n) is 1.75. The van der Waals surface area contributed by atoms with Gasteiger partial charge in [-0.15, -0.1) is 0 Å². The number of nitrogens with zero attached hydrogens (tertiary/aromatic N) is 3. The Balaban J connectivity index is 1.90.